The Labute approximate surface area is 229 Å². The Kier molecular flexibility index (Phi) is 15.6. The number of rotatable bonds is 14. The summed E-state index contributed by atoms with van der Waals surface area (Å²) in [5.74, 6) is -24.8. The van der Waals surface area contributed by atoms with Gasteiger partial charge in [0.25, 0.3) is 0 Å². The molecular formula is C29H37F10N. The van der Waals surface area contributed by atoms with Gasteiger partial charge in [-0.25, -0.2) is 43.9 Å². The van der Waals surface area contributed by atoms with Crippen LogP contribution in [0.25, 0.3) is 11.1 Å². The molecule has 0 aliphatic rings. The minimum atomic E-state index is -2.68. The molecule has 2 rings (SSSR count). The summed E-state index contributed by atoms with van der Waals surface area (Å²) in [6.07, 6.45) is 12.5. The van der Waals surface area contributed by atoms with Crippen molar-refractivity contribution in [2.45, 2.75) is 85.5 Å². The van der Waals surface area contributed by atoms with Gasteiger partial charge in [0, 0.05) is 0 Å². The number of hydrogen-bond acceptors (Lipinski definition) is 1. The second-order valence-electron chi connectivity index (χ2n) is 9.90. The zero-order valence-corrected chi connectivity index (χ0v) is 23.2. The Bertz CT molecular complexity index is 964. The van der Waals surface area contributed by atoms with Crippen molar-refractivity contribution in [1.82, 2.24) is 5.32 Å². The molecule has 0 aliphatic carbocycles. The highest BCUT2D eigenvalue weighted by Crippen LogP contribution is 2.37. The van der Waals surface area contributed by atoms with Crippen LogP contribution >= 0.6 is 0 Å². The normalized spacial score (nSPS) is 12.8. The van der Waals surface area contributed by atoms with E-state index in [2.05, 4.69) is 33.0 Å². The van der Waals surface area contributed by atoms with Gasteiger partial charge in [0.15, 0.2) is 46.5 Å². The van der Waals surface area contributed by atoms with Crippen molar-refractivity contribution < 1.29 is 43.9 Å². The van der Waals surface area contributed by atoms with Crippen LogP contribution in [0.3, 0.4) is 0 Å². The second-order valence-corrected chi connectivity index (χ2v) is 9.90. The van der Waals surface area contributed by atoms with E-state index in [4.69, 9.17) is 0 Å². The third kappa shape index (κ3) is 9.38. The van der Waals surface area contributed by atoms with E-state index in [0.717, 1.165) is 11.8 Å². The van der Waals surface area contributed by atoms with E-state index in [1.54, 1.807) is 0 Å². The predicted octanol–water partition coefficient (Wildman–Crippen LogP) is 10.1. The summed E-state index contributed by atoms with van der Waals surface area (Å²) in [6, 6.07) is 0. The Balaban J connectivity index is 0.000000410. The lowest BCUT2D eigenvalue weighted by Crippen LogP contribution is -2.22. The molecular weight excluding hydrogens is 552 g/mol. The number of halogens is 10. The fourth-order valence-corrected chi connectivity index (χ4v) is 4.26. The number of unbranched alkanes of at least 4 members (excludes halogenated alkanes) is 3. The van der Waals surface area contributed by atoms with Gasteiger partial charge >= 0.3 is 0 Å². The third-order valence-corrected chi connectivity index (χ3v) is 6.71. The molecule has 2 atom stereocenters. The summed E-state index contributed by atoms with van der Waals surface area (Å²) >= 11 is 0. The molecule has 0 saturated carbocycles. The summed E-state index contributed by atoms with van der Waals surface area (Å²) in [5, 5.41) is 3.62. The molecule has 0 saturated heterocycles. The molecule has 0 amide bonds. The zero-order valence-electron chi connectivity index (χ0n) is 23.2. The molecule has 40 heavy (non-hydrogen) atoms. The summed E-state index contributed by atoms with van der Waals surface area (Å²) in [7, 11) is 0. The van der Waals surface area contributed by atoms with E-state index in [1.807, 2.05) is 0 Å². The van der Waals surface area contributed by atoms with Gasteiger partial charge in [-0.3, -0.25) is 0 Å². The van der Waals surface area contributed by atoms with Crippen molar-refractivity contribution in [3.05, 3.63) is 58.2 Å². The molecule has 0 fully saturated rings. The van der Waals surface area contributed by atoms with Gasteiger partial charge in [-0.2, -0.15) is 0 Å². The SMILES string of the molecule is CCCCCCNCC(C)CCC(CC)CCC.Fc1c(F)c(F)c(-c2c(F)c(F)c(F)c(F)c2F)c(F)c1F. The van der Waals surface area contributed by atoms with E-state index in [0.29, 0.717) is 0 Å². The molecule has 0 spiro atoms. The van der Waals surface area contributed by atoms with Crippen LogP contribution in [0.1, 0.15) is 85.5 Å². The largest absolute Gasteiger partial charge is 0.316 e. The molecule has 11 heteroatoms. The maximum Gasteiger partial charge on any atom is 0.200 e. The average molecular weight is 590 g/mol. The van der Waals surface area contributed by atoms with Crippen molar-refractivity contribution in [2.75, 3.05) is 13.1 Å². The highest BCUT2D eigenvalue weighted by molar-refractivity contribution is 5.67. The lowest BCUT2D eigenvalue weighted by Gasteiger charge is -2.17. The van der Waals surface area contributed by atoms with Gasteiger partial charge in [0.05, 0.1) is 11.1 Å². The quantitative estimate of drug-likeness (QED) is 0.100. The fourth-order valence-electron chi connectivity index (χ4n) is 4.26. The molecule has 0 aliphatic heterocycles. The number of benzene rings is 2. The smallest absolute Gasteiger partial charge is 0.200 e. The van der Waals surface area contributed by atoms with Crippen molar-refractivity contribution in [3.63, 3.8) is 0 Å². The third-order valence-electron chi connectivity index (χ3n) is 6.71. The van der Waals surface area contributed by atoms with E-state index >= 15 is 0 Å². The van der Waals surface area contributed by atoms with Crippen LogP contribution in [-0.4, -0.2) is 13.1 Å². The van der Waals surface area contributed by atoms with Gasteiger partial charge in [-0.15, -0.1) is 0 Å². The van der Waals surface area contributed by atoms with Gasteiger partial charge in [-0.1, -0.05) is 72.6 Å². The maximum atomic E-state index is 13.4. The Morgan fingerprint density at radius 3 is 1.30 bits per heavy atom. The van der Waals surface area contributed by atoms with Gasteiger partial charge < -0.3 is 5.32 Å². The van der Waals surface area contributed by atoms with Crippen LogP contribution in [0.5, 0.6) is 0 Å². The second kappa shape index (κ2) is 17.5. The molecule has 0 heterocycles. The first-order valence-electron chi connectivity index (χ1n) is 13.6. The zero-order chi connectivity index (χ0) is 30.6. The van der Waals surface area contributed by atoms with Crippen molar-refractivity contribution >= 4 is 0 Å². The molecule has 0 radical (unpaired) electrons. The first kappa shape index (κ1) is 35.7. The van der Waals surface area contributed by atoms with Crippen LogP contribution in [0.2, 0.25) is 0 Å². The van der Waals surface area contributed by atoms with Crippen LogP contribution in [0.15, 0.2) is 0 Å². The molecule has 2 aromatic carbocycles. The monoisotopic (exact) mass is 589 g/mol. The van der Waals surface area contributed by atoms with E-state index in [9.17, 15) is 43.9 Å². The molecule has 0 bridgehead atoms. The van der Waals surface area contributed by atoms with Crippen molar-refractivity contribution in [1.29, 1.82) is 0 Å². The van der Waals surface area contributed by atoms with Crippen LogP contribution in [0, 0.1) is 70.0 Å². The first-order valence-corrected chi connectivity index (χ1v) is 13.6. The van der Waals surface area contributed by atoms with Crippen molar-refractivity contribution in [2.24, 2.45) is 11.8 Å². The van der Waals surface area contributed by atoms with Crippen molar-refractivity contribution in [3.8, 4) is 11.1 Å². The summed E-state index contributed by atoms with van der Waals surface area (Å²) < 4.78 is 131. The van der Waals surface area contributed by atoms with Gasteiger partial charge in [0.1, 0.15) is 0 Å². The Morgan fingerprint density at radius 2 is 0.925 bits per heavy atom. The molecule has 2 aromatic rings. The summed E-state index contributed by atoms with van der Waals surface area (Å²) in [6.45, 7) is 11.8. The summed E-state index contributed by atoms with van der Waals surface area (Å²) in [4.78, 5) is 0. The van der Waals surface area contributed by atoms with Crippen LogP contribution < -0.4 is 5.32 Å². The maximum absolute atomic E-state index is 13.4. The van der Waals surface area contributed by atoms with E-state index < -0.39 is 69.3 Å². The molecule has 228 valence electrons. The predicted molar refractivity (Wildman–Crippen MR) is 136 cm³/mol. The van der Waals surface area contributed by atoms with E-state index in [-0.39, 0.29) is 0 Å². The lowest BCUT2D eigenvalue weighted by molar-refractivity contribution is 0.367. The molecule has 1 N–H and O–H groups in total. The van der Waals surface area contributed by atoms with Crippen LogP contribution in [0.4, 0.5) is 43.9 Å². The lowest BCUT2D eigenvalue weighted by atomic mass is 9.91. The minimum absolute atomic E-state index is 0.849. The van der Waals surface area contributed by atoms with Gasteiger partial charge in [-0.05, 0) is 37.8 Å². The fraction of sp³-hybridized carbons (Fsp3) is 0.586. The standard InChI is InChI=1S/C17H37N.C12F10/c1-5-8-9-10-14-18-15-16(4)12-13-17(7-3)11-6-2;13-3-1(4(14)8(18)11(21)7(3)17)2-5(15)9(19)12(22)10(20)6(2)16/h16-18H,5-15H2,1-4H3;. The highest BCUT2D eigenvalue weighted by Gasteiger charge is 2.34. The van der Waals surface area contributed by atoms with Crippen LogP contribution in [-0.2, 0) is 0 Å². The first-order chi connectivity index (χ1) is 18.8. The highest BCUT2D eigenvalue weighted by atomic mass is 19.2. The summed E-state index contributed by atoms with van der Waals surface area (Å²) in [5.41, 5.74) is -4.52. The molecule has 1 nitrogen and oxygen atoms in total. The topological polar surface area (TPSA) is 12.0 Å². The number of nitrogens with one attached hydrogen (secondary N) is 1. The molecule has 0 aromatic heterocycles. The Hall–Kier alpha value is -2.30. The minimum Gasteiger partial charge on any atom is -0.316 e. The van der Waals surface area contributed by atoms with Gasteiger partial charge in [0.2, 0.25) is 11.6 Å². The van der Waals surface area contributed by atoms with E-state index in [1.165, 1.54) is 70.9 Å². The average Bonchev–Trinajstić information content (AvgIpc) is 2.94. The number of hydrogen-bond donors (Lipinski definition) is 1. The molecule has 2 unspecified atom stereocenters. The Morgan fingerprint density at radius 1 is 0.500 bits per heavy atom.